The lowest BCUT2D eigenvalue weighted by molar-refractivity contribution is 0.0636. The van der Waals surface area contributed by atoms with Crippen LogP contribution in [-0.4, -0.2) is 50.8 Å². The molecule has 2 N–H and O–H groups in total. The van der Waals surface area contributed by atoms with Crippen LogP contribution in [0.3, 0.4) is 0 Å². The van der Waals surface area contributed by atoms with E-state index in [9.17, 15) is 4.79 Å². The quantitative estimate of drug-likeness (QED) is 0.571. The van der Waals surface area contributed by atoms with E-state index in [1.54, 1.807) is 0 Å². The van der Waals surface area contributed by atoms with Crippen LogP contribution in [0.5, 0.6) is 0 Å². The molecule has 1 amide bonds. The number of hydrogen-bond donors (Lipinski definition) is 2. The first kappa shape index (κ1) is 23.5. The van der Waals surface area contributed by atoms with Crippen LogP contribution in [0, 0.1) is 25.3 Å². The Morgan fingerprint density at radius 3 is 2.38 bits per heavy atom. The maximum Gasteiger partial charge on any atom is 0.412 e. The second kappa shape index (κ2) is 9.33. The highest BCUT2D eigenvalue weighted by Gasteiger charge is 2.20. The molecule has 1 aromatic carbocycles. The first-order chi connectivity index (χ1) is 13.4. The minimum atomic E-state index is -1.52. The highest BCUT2D eigenvalue weighted by Crippen LogP contribution is 2.28. The number of rotatable bonds is 3. The maximum atomic E-state index is 12.4. The van der Waals surface area contributed by atoms with E-state index in [0.717, 1.165) is 49.5 Å². The van der Waals surface area contributed by atoms with Gasteiger partial charge in [-0.1, -0.05) is 25.6 Å². The molecule has 0 aliphatic carbocycles. The van der Waals surface area contributed by atoms with Crippen molar-refractivity contribution in [2.45, 2.75) is 66.4 Å². The van der Waals surface area contributed by atoms with Crippen LogP contribution in [0.2, 0.25) is 19.6 Å². The van der Waals surface area contributed by atoms with Gasteiger partial charge in [-0.3, -0.25) is 10.2 Å². The zero-order chi connectivity index (χ0) is 21.8. The molecule has 0 saturated carbocycles. The molecule has 5 nitrogen and oxygen atoms in total. The number of amides is 1. The molecule has 0 radical (unpaired) electrons. The van der Waals surface area contributed by atoms with Gasteiger partial charge in [0.25, 0.3) is 0 Å². The number of carbonyl (C=O) groups is 1. The largest absolute Gasteiger partial charge is 0.444 e. The Bertz CT molecular complexity index is 805. The number of carbonyl (C=O) groups excluding carboxylic acids is 1. The number of piperazine rings is 1. The van der Waals surface area contributed by atoms with Crippen LogP contribution in [0.25, 0.3) is 0 Å². The molecule has 0 unspecified atom stereocenters. The summed E-state index contributed by atoms with van der Waals surface area (Å²) < 4.78 is 5.47. The third kappa shape index (κ3) is 7.50. The molecule has 2 rings (SSSR count). The Labute approximate surface area is 177 Å². The number of benzene rings is 1. The van der Waals surface area contributed by atoms with Crippen molar-refractivity contribution in [3.63, 3.8) is 0 Å². The second-order valence-electron chi connectivity index (χ2n) is 9.86. The Morgan fingerprint density at radius 1 is 1.21 bits per heavy atom. The molecule has 0 aromatic heterocycles. The molecular formula is C23H37N3O2Si. The summed E-state index contributed by atoms with van der Waals surface area (Å²) in [5.74, 6) is 3.45. The highest BCUT2D eigenvalue weighted by molar-refractivity contribution is 6.83. The van der Waals surface area contributed by atoms with Crippen LogP contribution in [-0.2, 0) is 11.3 Å². The fraction of sp³-hybridized carbons (Fsp3) is 0.609. The number of ether oxygens (including phenoxy) is 1. The summed E-state index contributed by atoms with van der Waals surface area (Å²) >= 11 is 0. The van der Waals surface area contributed by atoms with E-state index in [-0.39, 0.29) is 0 Å². The van der Waals surface area contributed by atoms with Gasteiger partial charge in [0.15, 0.2) is 0 Å². The van der Waals surface area contributed by atoms with Gasteiger partial charge in [0.1, 0.15) is 13.7 Å². The lowest BCUT2D eigenvalue weighted by atomic mass is 9.95. The van der Waals surface area contributed by atoms with E-state index in [2.05, 4.69) is 59.6 Å². The van der Waals surface area contributed by atoms with Crippen LogP contribution in [0.4, 0.5) is 10.5 Å². The molecule has 0 bridgehead atoms. The average Bonchev–Trinajstić information content (AvgIpc) is 2.57. The van der Waals surface area contributed by atoms with Gasteiger partial charge in [-0.25, -0.2) is 4.79 Å². The van der Waals surface area contributed by atoms with E-state index in [0.29, 0.717) is 0 Å². The molecular weight excluding hydrogens is 378 g/mol. The maximum absolute atomic E-state index is 12.4. The average molecular weight is 416 g/mol. The van der Waals surface area contributed by atoms with E-state index in [4.69, 9.17) is 4.74 Å². The van der Waals surface area contributed by atoms with Crippen molar-refractivity contribution in [2.24, 2.45) is 0 Å². The third-order valence-electron chi connectivity index (χ3n) is 4.76. The fourth-order valence-electron chi connectivity index (χ4n) is 3.22. The van der Waals surface area contributed by atoms with Crippen LogP contribution in [0.15, 0.2) is 6.07 Å². The molecule has 1 aromatic rings. The molecule has 1 fully saturated rings. The zero-order valence-corrected chi connectivity index (χ0v) is 20.4. The standard InChI is InChI=1S/C23H37N3O2Si/c1-17-19(16-26-12-10-24-11-13-26)15-21(25-22(27)28-23(3,4)5)18(2)20(17)9-14-29(6,7)8/h15,24H,10-13,16H2,1-8H3,(H,25,27). The van der Waals surface area contributed by atoms with Crippen molar-refractivity contribution in [1.82, 2.24) is 10.2 Å². The third-order valence-corrected chi connectivity index (χ3v) is 5.63. The molecule has 0 spiro atoms. The number of anilines is 1. The van der Waals surface area contributed by atoms with Crippen molar-refractivity contribution >= 4 is 19.9 Å². The van der Waals surface area contributed by atoms with E-state index >= 15 is 0 Å². The fourth-order valence-corrected chi connectivity index (χ4v) is 3.72. The predicted molar refractivity (Wildman–Crippen MR) is 124 cm³/mol. The number of nitrogens with zero attached hydrogens (tertiary/aromatic N) is 1. The summed E-state index contributed by atoms with van der Waals surface area (Å²) in [5.41, 5.74) is 8.20. The minimum absolute atomic E-state index is 0.429. The highest BCUT2D eigenvalue weighted by atomic mass is 28.3. The summed E-state index contributed by atoms with van der Waals surface area (Å²) in [4.78, 5) is 14.9. The zero-order valence-electron chi connectivity index (χ0n) is 19.4. The molecule has 6 heteroatoms. The summed E-state index contributed by atoms with van der Waals surface area (Å²) in [6, 6.07) is 2.09. The Kier molecular flexibility index (Phi) is 7.55. The van der Waals surface area contributed by atoms with Gasteiger partial charge < -0.3 is 10.1 Å². The molecule has 0 atom stereocenters. The molecule has 1 saturated heterocycles. The Balaban J connectivity index is 2.43. The topological polar surface area (TPSA) is 53.6 Å². The van der Waals surface area contributed by atoms with Gasteiger partial charge >= 0.3 is 6.09 Å². The van der Waals surface area contributed by atoms with E-state index in [1.807, 2.05) is 27.7 Å². The predicted octanol–water partition coefficient (Wildman–Crippen LogP) is 4.28. The summed E-state index contributed by atoms with van der Waals surface area (Å²) in [6.45, 7) is 21.5. The van der Waals surface area contributed by atoms with E-state index < -0.39 is 19.8 Å². The molecule has 29 heavy (non-hydrogen) atoms. The van der Waals surface area contributed by atoms with Gasteiger partial charge in [0, 0.05) is 44.0 Å². The molecule has 1 aliphatic heterocycles. The van der Waals surface area contributed by atoms with Gasteiger partial charge in [-0.05, 0) is 57.4 Å². The number of hydrogen-bond acceptors (Lipinski definition) is 4. The van der Waals surface area contributed by atoms with Crippen molar-refractivity contribution in [3.8, 4) is 11.5 Å². The van der Waals surface area contributed by atoms with Crippen molar-refractivity contribution in [2.75, 3.05) is 31.5 Å². The minimum Gasteiger partial charge on any atom is -0.444 e. The van der Waals surface area contributed by atoms with Crippen molar-refractivity contribution in [1.29, 1.82) is 0 Å². The molecule has 1 aliphatic rings. The SMILES string of the molecule is Cc1c(CN2CCNCC2)cc(NC(=O)OC(C)(C)C)c(C)c1C#C[Si](C)(C)C. The number of nitrogens with one attached hydrogen (secondary N) is 2. The summed E-state index contributed by atoms with van der Waals surface area (Å²) in [5, 5.41) is 6.36. The van der Waals surface area contributed by atoms with E-state index in [1.165, 1.54) is 11.1 Å². The summed E-state index contributed by atoms with van der Waals surface area (Å²) in [7, 11) is -1.52. The Hall–Kier alpha value is -1.81. The first-order valence-electron chi connectivity index (χ1n) is 10.4. The van der Waals surface area contributed by atoms with Gasteiger partial charge in [0.05, 0.1) is 0 Å². The second-order valence-corrected chi connectivity index (χ2v) is 14.6. The lowest BCUT2D eigenvalue weighted by Crippen LogP contribution is -2.43. The first-order valence-corrected chi connectivity index (χ1v) is 13.9. The lowest BCUT2D eigenvalue weighted by Gasteiger charge is -2.28. The monoisotopic (exact) mass is 415 g/mol. The molecule has 160 valence electrons. The Morgan fingerprint density at radius 2 is 1.83 bits per heavy atom. The smallest absolute Gasteiger partial charge is 0.412 e. The van der Waals surface area contributed by atoms with Crippen LogP contribution < -0.4 is 10.6 Å². The van der Waals surface area contributed by atoms with Gasteiger partial charge in [-0.15, -0.1) is 5.54 Å². The molecule has 1 heterocycles. The van der Waals surface area contributed by atoms with Crippen LogP contribution in [0.1, 0.15) is 43.0 Å². The van der Waals surface area contributed by atoms with Crippen molar-refractivity contribution < 1.29 is 9.53 Å². The summed E-state index contributed by atoms with van der Waals surface area (Å²) in [6.07, 6.45) is -0.429. The van der Waals surface area contributed by atoms with Crippen molar-refractivity contribution in [3.05, 3.63) is 28.3 Å². The van der Waals surface area contributed by atoms with Gasteiger partial charge in [-0.2, -0.15) is 0 Å². The normalized spacial score (nSPS) is 15.4. The van der Waals surface area contributed by atoms with Gasteiger partial charge in [0.2, 0.25) is 0 Å². The van der Waals surface area contributed by atoms with Crippen LogP contribution >= 0.6 is 0 Å².